The van der Waals surface area contributed by atoms with Crippen LogP contribution in [0, 0.1) is 6.92 Å². The van der Waals surface area contributed by atoms with Crippen molar-refractivity contribution in [2.24, 2.45) is 0 Å². The van der Waals surface area contributed by atoms with E-state index in [9.17, 15) is 4.79 Å². The highest BCUT2D eigenvalue weighted by atomic mass is 79.9. The first-order valence-corrected chi connectivity index (χ1v) is 6.79. The SMILES string of the molecule is Cc1ccc(NC(=O)N2CCOC(C)C2)cc1Br. The summed E-state index contributed by atoms with van der Waals surface area (Å²) in [6, 6.07) is 5.72. The van der Waals surface area contributed by atoms with Crippen molar-refractivity contribution in [1.82, 2.24) is 4.90 Å². The van der Waals surface area contributed by atoms with Gasteiger partial charge in [-0.3, -0.25) is 0 Å². The molecule has 98 valence electrons. The molecule has 2 rings (SSSR count). The molecule has 1 aliphatic heterocycles. The van der Waals surface area contributed by atoms with Gasteiger partial charge in [0.2, 0.25) is 0 Å². The molecule has 0 radical (unpaired) electrons. The third-order valence-electron chi connectivity index (χ3n) is 2.95. The minimum absolute atomic E-state index is 0.0686. The van der Waals surface area contributed by atoms with Gasteiger partial charge in [0.15, 0.2) is 0 Å². The molecule has 1 N–H and O–H groups in total. The van der Waals surface area contributed by atoms with Crippen molar-refractivity contribution >= 4 is 27.6 Å². The van der Waals surface area contributed by atoms with Gasteiger partial charge in [-0.1, -0.05) is 22.0 Å². The van der Waals surface area contributed by atoms with Gasteiger partial charge in [0.25, 0.3) is 0 Å². The lowest BCUT2D eigenvalue weighted by Gasteiger charge is -2.31. The number of carbonyl (C=O) groups excluding carboxylic acids is 1. The van der Waals surface area contributed by atoms with E-state index in [1.54, 1.807) is 4.90 Å². The van der Waals surface area contributed by atoms with Crippen molar-refractivity contribution in [1.29, 1.82) is 0 Å². The van der Waals surface area contributed by atoms with Crippen LogP contribution in [0.1, 0.15) is 12.5 Å². The molecule has 1 unspecified atom stereocenters. The molecule has 5 heteroatoms. The highest BCUT2D eigenvalue weighted by Crippen LogP contribution is 2.21. The quantitative estimate of drug-likeness (QED) is 0.866. The van der Waals surface area contributed by atoms with Crippen LogP contribution in [-0.2, 0) is 4.74 Å². The summed E-state index contributed by atoms with van der Waals surface area (Å²) in [5, 5.41) is 2.90. The Kier molecular flexibility index (Phi) is 4.24. The molecule has 1 saturated heterocycles. The lowest BCUT2D eigenvalue weighted by atomic mass is 10.2. The maximum Gasteiger partial charge on any atom is 0.322 e. The monoisotopic (exact) mass is 312 g/mol. The molecular formula is C13H17BrN2O2. The van der Waals surface area contributed by atoms with E-state index in [1.165, 1.54) is 0 Å². The molecule has 0 spiro atoms. The summed E-state index contributed by atoms with van der Waals surface area (Å²) >= 11 is 3.46. The molecule has 0 aromatic heterocycles. The van der Waals surface area contributed by atoms with E-state index in [2.05, 4.69) is 21.2 Å². The molecule has 1 atom stereocenters. The second-order valence-corrected chi connectivity index (χ2v) is 5.38. The van der Waals surface area contributed by atoms with Gasteiger partial charge in [-0.15, -0.1) is 0 Å². The molecule has 4 nitrogen and oxygen atoms in total. The van der Waals surface area contributed by atoms with Gasteiger partial charge in [0.05, 0.1) is 12.7 Å². The van der Waals surface area contributed by atoms with E-state index in [0.29, 0.717) is 19.7 Å². The van der Waals surface area contributed by atoms with E-state index in [-0.39, 0.29) is 12.1 Å². The number of amides is 2. The number of rotatable bonds is 1. The molecule has 2 amide bonds. The average molecular weight is 313 g/mol. The zero-order valence-electron chi connectivity index (χ0n) is 10.6. The second-order valence-electron chi connectivity index (χ2n) is 4.52. The van der Waals surface area contributed by atoms with Crippen LogP contribution in [0.15, 0.2) is 22.7 Å². The summed E-state index contributed by atoms with van der Waals surface area (Å²) in [6.45, 7) is 5.87. The summed E-state index contributed by atoms with van der Waals surface area (Å²) in [6.07, 6.45) is 0.106. The first-order chi connectivity index (χ1) is 8.56. The minimum atomic E-state index is -0.0686. The molecule has 0 saturated carbocycles. The molecule has 18 heavy (non-hydrogen) atoms. The lowest BCUT2D eigenvalue weighted by molar-refractivity contribution is -0.00138. The van der Waals surface area contributed by atoms with Crippen molar-refractivity contribution in [3.05, 3.63) is 28.2 Å². The fourth-order valence-corrected chi connectivity index (χ4v) is 2.25. The number of hydrogen-bond donors (Lipinski definition) is 1. The van der Waals surface area contributed by atoms with Gasteiger partial charge in [-0.05, 0) is 31.5 Å². The predicted octanol–water partition coefficient (Wildman–Crippen LogP) is 3.01. The molecule has 1 aliphatic rings. The van der Waals surface area contributed by atoms with Gasteiger partial charge in [0, 0.05) is 23.2 Å². The number of carbonyl (C=O) groups is 1. The summed E-state index contributed by atoms with van der Waals surface area (Å²) in [7, 11) is 0. The minimum Gasteiger partial charge on any atom is -0.375 e. The zero-order valence-corrected chi connectivity index (χ0v) is 12.2. The fourth-order valence-electron chi connectivity index (χ4n) is 1.88. The van der Waals surface area contributed by atoms with Crippen LogP contribution < -0.4 is 5.32 Å². The van der Waals surface area contributed by atoms with Gasteiger partial charge in [-0.2, -0.15) is 0 Å². The Balaban J connectivity index is 2.00. The molecule has 1 aromatic carbocycles. The Hall–Kier alpha value is -1.07. The van der Waals surface area contributed by atoms with Crippen LogP contribution in [0.5, 0.6) is 0 Å². The maximum atomic E-state index is 12.1. The van der Waals surface area contributed by atoms with Crippen molar-refractivity contribution in [3.63, 3.8) is 0 Å². The van der Waals surface area contributed by atoms with Gasteiger partial charge >= 0.3 is 6.03 Å². The number of hydrogen-bond acceptors (Lipinski definition) is 2. The largest absolute Gasteiger partial charge is 0.375 e. The van der Waals surface area contributed by atoms with Crippen LogP contribution >= 0.6 is 15.9 Å². The lowest BCUT2D eigenvalue weighted by Crippen LogP contribution is -2.46. The summed E-state index contributed by atoms with van der Waals surface area (Å²) in [4.78, 5) is 13.8. The molecular weight excluding hydrogens is 296 g/mol. The Labute approximate surface area is 115 Å². The third-order valence-corrected chi connectivity index (χ3v) is 3.81. The standard InChI is InChI=1S/C13H17BrN2O2/c1-9-3-4-11(7-12(9)14)15-13(17)16-5-6-18-10(2)8-16/h3-4,7,10H,5-6,8H2,1-2H3,(H,15,17). The Morgan fingerprint density at radius 1 is 1.56 bits per heavy atom. The number of ether oxygens (including phenoxy) is 1. The average Bonchev–Trinajstić information content (AvgIpc) is 2.34. The van der Waals surface area contributed by atoms with Crippen molar-refractivity contribution in [2.45, 2.75) is 20.0 Å². The third kappa shape index (κ3) is 3.23. The fraction of sp³-hybridized carbons (Fsp3) is 0.462. The van der Waals surface area contributed by atoms with Crippen LogP contribution in [0.3, 0.4) is 0 Å². The van der Waals surface area contributed by atoms with E-state index in [0.717, 1.165) is 15.7 Å². The Bertz CT molecular complexity index is 451. The van der Waals surface area contributed by atoms with Crippen molar-refractivity contribution in [2.75, 3.05) is 25.0 Å². The van der Waals surface area contributed by atoms with Crippen LogP contribution in [-0.4, -0.2) is 36.7 Å². The van der Waals surface area contributed by atoms with Crippen LogP contribution in [0.2, 0.25) is 0 Å². The number of halogens is 1. The topological polar surface area (TPSA) is 41.6 Å². The molecule has 0 aliphatic carbocycles. The second kappa shape index (κ2) is 5.71. The van der Waals surface area contributed by atoms with E-state index in [4.69, 9.17) is 4.74 Å². The van der Waals surface area contributed by atoms with Gasteiger partial charge in [0.1, 0.15) is 0 Å². The summed E-state index contributed by atoms with van der Waals surface area (Å²) < 4.78 is 6.41. The van der Waals surface area contributed by atoms with E-state index < -0.39 is 0 Å². The molecule has 1 heterocycles. The normalized spacial score (nSPS) is 19.7. The Morgan fingerprint density at radius 3 is 3.00 bits per heavy atom. The highest BCUT2D eigenvalue weighted by Gasteiger charge is 2.21. The van der Waals surface area contributed by atoms with Crippen LogP contribution in [0.25, 0.3) is 0 Å². The number of aryl methyl sites for hydroxylation is 1. The number of benzene rings is 1. The van der Waals surface area contributed by atoms with Crippen molar-refractivity contribution in [3.8, 4) is 0 Å². The maximum absolute atomic E-state index is 12.1. The molecule has 0 bridgehead atoms. The Morgan fingerprint density at radius 2 is 2.33 bits per heavy atom. The van der Waals surface area contributed by atoms with Crippen molar-refractivity contribution < 1.29 is 9.53 Å². The van der Waals surface area contributed by atoms with Crippen LogP contribution in [0.4, 0.5) is 10.5 Å². The summed E-state index contributed by atoms with van der Waals surface area (Å²) in [5.74, 6) is 0. The number of morpholine rings is 1. The van der Waals surface area contributed by atoms with Gasteiger partial charge < -0.3 is 15.0 Å². The van der Waals surface area contributed by atoms with E-state index in [1.807, 2.05) is 32.0 Å². The first kappa shape index (κ1) is 13.4. The number of nitrogens with one attached hydrogen (secondary N) is 1. The highest BCUT2D eigenvalue weighted by molar-refractivity contribution is 9.10. The molecule has 1 aromatic rings. The number of anilines is 1. The zero-order chi connectivity index (χ0) is 13.1. The number of nitrogens with zero attached hydrogens (tertiary/aromatic N) is 1. The predicted molar refractivity (Wildman–Crippen MR) is 74.9 cm³/mol. The number of urea groups is 1. The van der Waals surface area contributed by atoms with Gasteiger partial charge in [-0.25, -0.2) is 4.79 Å². The molecule has 1 fully saturated rings. The first-order valence-electron chi connectivity index (χ1n) is 6.00. The summed E-state index contributed by atoms with van der Waals surface area (Å²) in [5.41, 5.74) is 1.95. The smallest absolute Gasteiger partial charge is 0.322 e. The van der Waals surface area contributed by atoms with E-state index >= 15 is 0 Å².